The van der Waals surface area contributed by atoms with Crippen LogP contribution < -0.4 is 15.5 Å². The summed E-state index contributed by atoms with van der Waals surface area (Å²) in [4.78, 5) is 24.5. The molecule has 0 radical (unpaired) electrons. The van der Waals surface area contributed by atoms with Gasteiger partial charge in [-0.2, -0.15) is 0 Å². The van der Waals surface area contributed by atoms with Gasteiger partial charge in [0.15, 0.2) is 11.2 Å². The normalized spacial score (nSPS) is 10.6. The van der Waals surface area contributed by atoms with Crippen LogP contribution in [0.1, 0.15) is 10.6 Å². The third-order valence-corrected chi connectivity index (χ3v) is 3.64. The van der Waals surface area contributed by atoms with Gasteiger partial charge >= 0.3 is 0 Å². The summed E-state index contributed by atoms with van der Waals surface area (Å²) < 4.78 is 24.0. The van der Waals surface area contributed by atoms with Crippen LogP contribution in [0.4, 0.5) is 10.1 Å². The van der Waals surface area contributed by atoms with E-state index in [1.165, 1.54) is 19.2 Å². The van der Waals surface area contributed by atoms with E-state index in [9.17, 15) is 14.0 Å². The highest BCUT2D eigenvalue weighted by molar-refractivity contribution is 6.30. The molecule has 0 aliphatic carbocycles. The van der Waals surface area contributed by atoms with Gasteiger partial charge in [-0.25, -0.2) is 4.39 Å². The number of hydrogen-bond acceptors (Lipinski definition) is 4. The number of benzene rings is 2. The standard InChI is InChI=1S/C17H11ClFNO4/c1-23-13-3-2-4-14-16(13)12(21)8-15(24-14)17(22)20-9-5-6-10(18)11(19)7-9/h2-8H,1H3,(H,20,22). The number of fused-ring (bicyclic) bond motifs is 1. The summed E-state index contributed by atoms with van der Waals surface area (Å²) in [6, 6.07) is 9.70. The van der Waals surface area contributed by atoms with Crippen molar-refractivity contribution < 1.29 is 18.3 Å². The van der Waals surface area contributed by atoms with Crippen molar-refractivity contribution in [1.82, 2.24) is 0 Å². The number of methoxy groups -OCH3 is 1. The van der Waals surface area contributed by atoms with Crippen LogP contribution in [0.3, 0.4) is 0 Å². The molecular formula is C17H11ClFNO4. The minimum absolute atomic E-state index is 0.0580. The van der Waals surface area contributed by atoms with Crippen LogP contribution in [0.25, 0.3) is 11.0 Å². The van der Waals surface area contributed by atoms with Crippen molar-refractivity contribution in [3.05, 3.63) is 69.3 Å². The van der Waals surface area contributed by atoms with E-state index in [-0.39, 0.29) is 27.4 Å². The van der Waals surface area contributed by atoms with E-state index in [4.69, 9.17) is 20.8 Å². The Morgan fingerprint density at radius 2 is 2.04 bits per heavy atom. The Kier molecular flexibility index (Phi) is 4.22. The molecular weight excluding hydrogens is 337 g/mol. The topological polar surface area (TPSA) is 68.5 Å². The first-order valence-corrected chi connectivity index (χ1v) is 7.24. The fourth-order valence-corrected chi connectivity index (χ4v) is 2.34. The SMILES string of the molecule is COc1cccc2oc(C(=O)Nc3ccc(Cl)c(F)c3)cc(=O)c12. The van der Waals surface area contributed by atoms with Crippen molar-refractivity contribution in [3.8, 4) is 5.75 Å². The van der Waals surface area contributed by atoms with Crippen LogP contribution in [-0.4, -0.2) is 13.0 Å². The van der Waals surface area contributed by atoms with Crippen molar-refractivity contribution in [2.24, 2.45) is 0 Å². The first kappa shape index (κ1) is 16.0. The van der Waals surface area contributed by atoms with E-state index in [0.717, 1.165) is 12.1 Å². The van der Waals surface area contributed by atoms with Gasteiger partial charge in [-0.15, -0.1) is 0 Å². The minimum Gasteiger partial charge on any atom is -0.496 e. The number of carbonyl (C=O) groups is 1. The second-order valence-electron chi connectivity index (χ2n) is 4.89. The summed E-state index contributed by atoms with van der Waals surface area (Å²) in [6.45, 7) is 0. The molecule has 0 aliphatic heterocycles. The van der Waals surface area contributed by atoms with Crippen LogP contribution in [0.15, 0.2) is 51.7 Å². The Morgan fingerprint density at radius 3 is 2.75 bits per heavy atom. The average molecular weight is 348 g/mol. The first-order valence-electron chi connectivity index (χ1n) is 6.87. The summed E-state index contributed by atoms with van der Waals surface area (Å²) in [5, 5.41) is 2.63. The molecule has 0 bridgehead atoms. The van der Waals surface area contributed by atoms with Crippen LogP contribution in [0, 0.1) is 5.82 Å². The maximum atomic E-state index is 13.4. The highest BCUT2D eigenvalue weighted by atomic mass is 35.5. The largest absolute Gasteiger partial charge is 0.496 e. The number of amides is 1. The quantitative estimate of drug-likeness (QED) is 0.781. The molecule has 1 aromatic heterocycles. The summed E-state index contributed by atoms with van der Waals surface area (Å²) in [5.41, 5.74) is -0.00860. The van der Waals surface area contributed by atoms with Crippen molar-refractivity contribution >= 4 is 34.2 Å². The molecule has 122 valence electrons. The molecule has 0 spiro atoms. The van der Waals surface area contributed by atoms with Gasteiger partial charge in [-0.1, -0.05) is 17.7 Å². The zero-order chi connectivity index (χ0) is 17.3. The van der Waals surface area contributed by atoms with Crippen LogP contribution in [0.5, 0.6) is 5.75 Å². The summed E-state index contributed by atoms with van der Waals surface area (Å²) >= 11 is 5.59. The van der Waals surface area contributed by atoms with Crippen LogP contribution in [-0.2, 0) is 0 Å². The molecule has 0 aliphatic rings. The summed E-state index contributed by atoms with van der Waals surface area (Å²) in [5.74, 6) is -1.19. The molecule has 5 nitrogen and oxygen atoms in total. The molecule has 0 atom stereocenters. The van der Waals surface area contributed by atoms with Gasteiger partial charge in [-0.05, 0) is 30.3 Å². The Morgan fingerprint density at radius 1 is 1.25 bits per heavy atom. The number of carbonyl (C=O) groups excluding carboxylic acids is 1. The molecule has 0 fully saturated rings. The Labute approximate surface area is 140 Å². The lowest BCUT2D eigenvalue weighted by Gasteiger charge is -2.07. The fraction of sp³-hybridized carbons (Fsp3) is 0.0588. The molecule has 7 heteroatoms. The first-order chi connectivity index (χ1) is 11.5. The van der Waals surface area contributed by atoms with Crippen molar-refractivity contribution in [2.45, 2.75) is 0 Å². The van der Waals surface area contributed by atoms with E-state index in [2.05, 4.69) is 5.32 Å². The Bertz CT molecular complexity index is 1000. The van der Waals surface area contributed by atoms with Crippen molar-refractivity contribution in [1.29, 1.82) is 0 Å². The molecule has 24 heavy (non-hydrogen) atoms. The lowest BCUT2D eigenvalue weighted by Crippen LogP contribution is -2.15. The van der Waals surface area contributed by atoms with E-state index in [1.807, 2.05) is 0 Å². The average Bonchev–Trinajstić information content (AvgIpc) is 2.57. The fourth-order valence-electron chi connectivity index (χ4n) is 2.23. The number of halogens is 2. The molecule has 0 saturated heterocycles. The highest BCUT2D eigenvalue weighted by Crippen LogP contribution is 2.23. The lowest BCUT2D eigenvalue weighted by atomic mass is 10.2. The van der Waals surface area contributed by atoms with Gasteiger partial charge < -0.3 is 14.5 Å². The molecule has 1 heterocycles. The predicted octanol–water partition coefficient (Wildman–Crippen LogP) is 3.85. The van der Waals surface area contributed by atoms with Crippen LogP contribution in [0.2, 0.25) is 5.02 Å². The molecule has 1 amide bonds. The highest BCUT2D eigenvalue weighted by Gasteiger charge is 2.15. The van der Waals surface area contributed by atoms with Crippen LogP contribution >= 0.6 is 11.6 Å². The molecule has 3 rings (SSSR count). The number of ether oxygens (including phenoxy) is 1. The number of anilines is 1. The third kappa shape index (κ3) is 2.96. The molecule has 0 saturated carbocycles. The monoisotopic (exact) mass is 347 g/mol. The van der Waals surface area contributed by atoms with E-state index < -0.39 is 17.2 Å². The molecule has 1 N–H and O–H groups in total. The van der Waals surface area contributed by atoms with Crippen molar-refractivity contribution in [2.75, 3.05) is 12.4 Å². The summed E-state index contributed by atoms with van der Waals surface area (Å²) in [6.07, 6.45) is 0. The molecule has 3 aromatic rings. The smallest absolute Gasteiger partial charge is 0.291 e. The number of rotatable bonds is 3. The maximum Gasteiger partial charge on any atom is 0.291 e. The second kappa shape index (κ2) is 6.33. The van der Waals surface area contributed by atoms with Crippen molar-refractivity contribution in [3.63, 3.8) is 0 Å². The van der Waals surface area contributed by atoms with Gasteiger partial charge in [0.25, 0.3) is 5.91 Å². The van der Waals surface area contributed by atoms with E-state index in [1.54, 1.807) is 18.2 Å². The van der Waals surface area contributed by atoms with E-state index in [0.29, 0.717) is 5.75 Å². The zero-order valence-electron chi connectivity index (χ0n) is 12.4. The minimum atomic E-state index is -0.682. The van der Waals surface area contributed by atoms with Gasteiger partial charge in [0.1, 0.15) is 22.5 Å². The third-order valence-electron chi connectivity index (χ3n) is 3.34. The second-order valence-corrected chi connectivity index (χ2v) is 5.30. The molecule has 0 unspecified atom stereocenters. The maximum absolute atomic E-state index is 13.4. The molecule has 2 aromatic carbocycles. The lowest BCUT2D eigenvalue weighted by molar-refractivity contribution is 0.0997. The van der Waals surface area contributed by atoms with Gasteiger partial charge in [0.05, 0.1) is 12.1 Å². The van der Waals surface area contributed by atoms with Gasteiger partial charge in [0.2, 0.25) is 0 Å². The van der Waals surface area contributed by atoms with Gasteiger partial charge in [0, 0.05) is 11.8 Å². The Balaban J connectivity index is 1.98. The van der Waals surface area contributed by atoms with E-state index >= 15 is 0 Å². The summed E-state index contributed by atoms with van der Waals surface area (Å²) in [7, 11) is 1.43. The predicted molar refractivity (Wildman–Crippen MR) is 88.4 cm³/mol. The number of hydrogen-bond donors (Lipinski definition) is 1. The zero-order valence-corrected chi connectivity index (χ0v) is 13.2. The van der Waals surface area contributed by atoms with Gasteiger partial charge in [-0.3, -0.25) is 9.59 Å². The Hall–Kier alpha value is -2.86. The number of nitrogens with one attached hydrogen (secondary N) is 1.